The zero-order valence-electron chi connectivity index (χ0n) is 10.7. The fourth-order valence-corrected chi connectivity index (χ4v) is 2.82. The number of amides is 1. The molecule has 3 nitrogen and oxygen atoms in total. The van der Waals surface area contributed by atoms with E-state index in [2.05, 4.69) is 37.9 Å². The average molecular weight is 389 g/mol. The first kappa shape index (κ1) is 14.8. The van der Waals surface area contributed by atoms with Crippen molar-refractivity contribution in [2.45, 2.75) is 6.42 Å². The fourth-order valence-electron chi connectivity index (χ4n) is 2.04. The molecule has 1 aliphatic heterocycles. The molecule has 1 amide bonds. The molecule has 1 aliphatic rings. The first-order valence-corrected chi connectivity index (χ1v) is 7.61. The van der Waals surface area contributed by atoms with Crippen LogP contribution in [-0.2, 0) is 4.74 Å². The van der Waals surface area contributed by atoms with E-state index in [0.29, 0.717) is 18.7 Å². The van der Waals surface area contributed by atoms with Gasteiger partial charge in [0.25, 0.3) is 5.91 Å². The summed E-state index contributed by atoms with van der Waals surface area (Å²) in [6, 6.07) is 5.64. The summed E-state index contributed by atoms with van der Waals surface area (Å²) in [5.74, 6) is 0.0564. The van der Waals surface area contributed by atoms with Gasteiger partial charge in [-0.05, 0) is 46.1 Å². The van der Waals surface area contributed by atoms with E-state index >= 15 is 0 Å². The number of halogens is 2. The van der Waals surface area contributed by atoms with Gasteiger partial charge < -0.3 is 9.64 Å². The highest BCUT2D eigenvalue weighted by Crippen LogP contribution is 2.24. The number of carbonyl (C=O) groups excluding carboxylic acids is 1. The Labute approximate surface area is 129 Å². The van der Waals surface area contributed by atoms with Crippen molar-refractivity contribution in [1.82, 2.24) is 4.90 Å². The van der Waals surface area contributed by atoms with Gasteiger partial charge in [-0.25, -0.2) is 0 Å². The zero-order chi connectivity index (χ0) is 13.8. The third-order valence-electron chi connectivity index (χ3n) is 3.08. The molecule has 0 aliphatic carbocycles. The number of carbonyl (C=O) groups is 1. The number of nitrogens with zero attached hydrogens (tertiary/aromatic N) is 1. The molecule has 1 aromatic rings. The first-order valence-electron chi connectivity index (χ1n) is 6.03. The van der Waals surface area contributed by atoms with Gasteiger partial charge in [0.05, 0.1) is 12.2 Å². The van der Waals surface area contributed by atoms with Crippen LogP contribution >= 0.6 is 31.9 Å². The van der Waals surface area contributed by atoms with Crippen molar-refractivity contribution in [1.29, 1.82) is 0 Å². The van der Waals surface area contributed by atoms with E-state index in [-0.39, 0.29) is 5.91 Å². The average Bonchev–Trinajstić information content (AvgIpc) is 2.42. The Balaban J connectivity index is 2.11. The van der Waals surface area contributed by atoms with Crippen LogP contribution in [-0.4, -0.2) is 37.6 Å². The number of benzene rings is 1. The second-order valence-corrected chi connectivity index (χ2v) is 6.19. The third kappa shape index (κ3) is 3.68. The molecule has 0 saturated heterocycles. The maximum absolute atomic E-state index is 12.5. The Kier molecular flexibility index (Phi) is 5.19. The van der Waals surface area contributed by atoms with Gasteiger partial charge in [0.15, 0.2) is 0 Å². The first-order chi connectivity index (χ1) is 9.11. The molecule has 102 valence electrons. The lowest BCUT2D eigenvalue weighted by Crippen LogP contribution is -2.35. The second-order valence-electron chi connectivity index (χ2n) is 4.42. The molecule has 0 atom stereocenters. The molecule has 0 aromatic heterocycles. The van der Waals surface area contributed by atoms with Gasteiger partial charge in [-0.2, -0.15) is 0 Å². The summed E-state index contributed by atoms with van der Waals surface area (Å²) < 4.78 is 6.85. The quantitative estimate of drug-likeness (QED) is 0.740. The summed E-state index contributed by atoms with van der Waals surface area (Å²) in [6.45, 7) is 2.05. The van der Waals surface area contributed by atoms with Crippen LogP contribution in [0.4, 0.5) is 0 Å². The van der Waals surface area contributed by atoms with E-state index in [9.17, 15) is 4.79 Å². The topological polar surface area (TPSA) is 29.5 Å². The predicted molar refractivity (Wildman–Crippen MR) is 82.3 cm³/mol. The SMILES string of the molecule is COCC1=CCN(C(=O)c2cc(Br)ccc2Br)CC1. The van der Waals surface area contributed by atoms with Crippen molar-refractivity contribution in [3.05, 3.63) is 44.4 Å². The number of hydrogen-bond donors (Lipinski definition) is 0. The minimum absolute atomic E-state index is 0.0564. The van der Waals surface area contributed by atoms with Crippen molar-refractivity contribution in [2.24, 2.45) is 0 Å². The molecular weight excluding hydrogens is 374 g/mol. The van der Waals surface area contributed by atoms with Crippen LogP contribution in [0.3, 0.4) is 0 Å². The van der Waals surface area contributed by atoms with Gasteiger partial charge in [-0.15, -0.1) is 0 Å². The van der Waals surface area contributed by atoms with Gasteiger partial charge in [-0.3, -0.25) is 4.79 Å². The largest absolute Gasteiger partial charge is 0.380 e. The Morgan fingerprint density at radius 3 is 2.84 bits per heavy atom. The number of ether oxygens (including phenoxy) is 1. The molecule has 19 heavy (non-hydrogen) atoms. The maximum atomic E-state index is 12.5. The van der Waals surface area contributed by atoms with Crippen LogP contribution in [0, 0.1) is 0 Å². The van der Waals surface area contributed by atoms with Crippen molar-refractivity contribution in [3.63, 3.8) is 0 Å². The number of hydrogen-bond acceptors (Lipinski definition) is 2. The van der Waals surface area contributed by atoms with E-state index in [4.69, 9.17) is 4.74 Å². The zero-order valence-corrected chi connectivity index (χ0v) is 13.8. The summed E-state index contributed by atoms with van der Waals surface area (Å²) in [6.07, 6.45) is 2.96. The van der Waals surface area contributed by atoms with E-state index in [1.54, 1.807) is 7.11 Å². The van der Waals surface area contributed by atoms with Gasteiger partial charge in [0, 0.05) is 29.1 Å². The van der Waals surface area contributed by atoms with E-state index in [1.807, 2.05) is 23.1 Å². The Bertz CT molecular complexity index is 514. The van der Waals surface area contributed by atoms with Crippen molar-refractivity contribution in [3.8, 4) is 0 Å². The lowest BCUT2D eigenvalue weighted by molar-refractivity contribution is 0.0764. The normalized spacial score (nSPS) is 15.3. The standard InChI is InChI=1S/C14H15Br2NO2/c1-19-9-10-4-6-17(7-5-10)14(18)12-8-11(15)2-3-13(12)16/h2-4,8H,5-7,9H2,1H3. The van der Waals surface area contributed by atoms with Crippen LogP contribution in [0.15, 0.2) is 38.8 Å². The molecular formula is C14H15Br2NO2. The summed E-state index contributed by atoms with van der Waals surface area (Å²) in [5.41, 5.74) is 1.96. The molecule has 5 heteroatoms. The third-order valence-corrected chi connectivity index (χ3v) is 4.26. The molecule has 1 heterocycles. The van der Waals surface area contributed by atoms with Gasteiger partial charge in [-0.1, -0.05) is 22.0 Å². The van der Waals surface area contributed by atoms with Crippen molar-refractivity contribution >= 4 is 37.8 Å². The molecule has 0 fully saturated rings. The van der Waals surface area contributed by atoms with E-state index in [1.165, 1.54) is 5.57 Å². The minimum Gasteiger partial charge on any atom is -0.380 e. The van der Waals surface area contributed by atoms with Crippen LogP contribution in [0.1, 0.15) is 16.8 Å². The minimum atomic E-state index is 0.0564. The Morgan fingerprint density at radius 2 is 2.21 bits per heavy atom. The lowest BCUT2D eigenvalue weighted by Gasteiger charge is -2.26. The molecule has 0 bridgehead atoms. The highest BCUT2D eigenvalue weighted by Gasteiger charge is 2.20. The number of methoxy groups -OCH3 is 1. The summed E-state index contributed by atoms with van der Waals surface area (Å²) in [7, 11) is 1.69. The molecule has 0 unspecified atom stereocenters. The van der Waals surface area contributed by atoms with Crippen molar-refractivity contribution in [2.75, 3.05) is 26.8 Å². The summed E-state index contributed by atoms with van der Waals surface area (Å²) in [4.78, 5) is 14.3. The van der Waals surface area contributed by atoms with Gasteiger partial charge in [0.2, 0.25) is 0 Å². The smallest absolute Gasteiger partial charge is 0.255 e. The van der Waals surface area contributed by atoms with Crippen LogP contribution < -0.4 is 0 Å². The Hall–Kier alpha value is -0.650. The highest BCUT2D eigenvalue weighted by molar-refractivity contribution is 9.11. The fraction of sp³-hybridized carbons (Fsp3) is 0.357. The molecule has 2 rings (SSSR count). The van der Waals surface area contributed by atoms with E-state index in [0.717, 1.165) is 21.9 Å². The summed E-state index contributed by atoms with van der Waals surface area (Å²) in [5, 5.41) is 0. The van der Waals surface area contributed by atoms with E-state index < -0.39 is 0 Å². The maximum Gasteiger partial charge on any atom is 0.255 e. The molecule has 0 saturated carbocycles. The van der Waals surface area contributed by atoms with Crippen LogP contribution in [0.2, 0.25) is 0 Å². The predicted octanol–water partition coefficient (Wildman–Crippen LogP) is 3.63. The van der Waals surface area contributed by atoms with Crippen LogP contribution in [0.25, 0.3) is 0 Å². The van der Waals surface area contributed by atoms with Gasteiger partial charge in [0.1, 0.15) is 0 Å². The molecule has 0 N–H and O–H groups in total. The second kappa shape index (κ2) is 6.68. The molecule has 1 aromatic carbocycles. The molecule has 0 spiro atoms. The lowest BCUT2D eigenvalue weighted by atomic mass is 10.1. The van der Waals surface area contributed by atoms with Crippen molar-refractivity contribution < 1.29 is 9.53 Å². The van der Waals surface area contributed by atoms with Crippen LogP contribution in [0.5, 0.6) is 0 Å². The number of rotatable bonds is 3. The summed E-state index contributed by atoms with van der Waals surface area (Å²) >= 11 is 6.83. The molecule has 0 radical (unpaired) electrons. The monoisotopic (exact) mass is 387 g/mol. The van der Waals surface area contributed by atoms with Gasteiger partial charge >= 0.3 is 0 Å². The Morgan fingerprint density at radius 1 is 1.42 bits per heavy atom. The highest BCUT2D eigenvalue weighted by atomic mass is 79.9.